The maximum Gasteiger partial charge on any atom is 0.308 e. The van der Waals surface area contributed by atoms with Gasteiger partial charge in [0.25, 0.3) is 5.91 Å². The van der Waals surface area contributed by atoms with Crippen LogP contribution in [-0.2, 0) is 37.4 Å². The zero-order valence-corrected chi connectivity index (χ0v) is 28.3. The van der Waals surface area contributed by atoms with Gasteiger partial charge in [-0.1, -0.05) is 48.4 Å². The van der Waals surface area contributed by atoms with Crippen molar-refractivity contribution in [2.75, 3.05) is 20.1 Å². The fraction of sp³-hybridized carbons (Fsp3) is 0.425. The SMILES string of the molecule is CC(=O)Oc1ccc2c3c1O[C@H]1[C@@H](N(C)C(=O)C#Cc4ccc(C)c(C)c4)CC[C@@]4(OC(C)=O)[C@@H](C2)N(CCc2ccccc2)CC[C@]314. The van der Waals surface area contributed by atoms with E-state index in [9.17, 15) is 14.4 Å². The number of rotatable bonds is 6. The predicted octanol–water partition coefficient (Wildman–Crippen LogP) is 5.08. The van der Waals surface area contributed by atoms with E-state index in [1.165, 1.54) is 25.0 Å². The Balaban J connectivity index is 1.30. The lowest BCUT2D eigenvalue weighted by molar-refractivity contribution is -0.223. The Labute approximate surface area is 282 Å². The van der Waals surface area contributed by atoms with Crippen LogP contribution in [0.1, 0.15) is 66.5 Å². The molecule has 3 aromatic rings. The van der Waals surface area contributed by atoms with Gasteiger partial charge in [0.15, 0.2) is 11.5 Å². The van der Waals surface area contributed by atoms with E-state index in [4.69, 9.17) is 14.2 Å². The lowest BCUT2D eigenvalue weighted by atomic mass is 9.48. The molecule has 3 aromatic carbocycles. The highest BCUT2D eigenvalue weighted by molar-refractivity contribution is 5.94. The van der Waals surface area contributed by atoms with Gasteiger partial charge in [-0.05, 0) is 92.9 Å². The van der Waals surface area contributed by atoms with Gasteiger partial charge >= 0.3 is 11.9 Å². The number of esters is 2. The van der Waals surface area contributed by atoms with Crippen molar-refractivity contribution in [2.24, 2.45) is 0 Å². The highest BCUT2D eigenvalue weighted by Gasteiger charge is 2.75. The number of likely N-dealkylation sites (N-methyl/N-ethyl adjacent to an activating group) is 1. The summed E-state index contributed by atoms with van der Waals surface area (Å²) in [4.78, 5) is 43.2. The summed E-state index contributed by atoms with van der Waals surface area (Å²) in [5.74, 6) is 5.73. The number of carbonyl (C=O) groups excluding carboxylic acids is 3. The quantitative estimate of drug-likeness (QED) is 0.210. The van der Waals surface area contributed by atoms with E-state index in [-0.39, 0.29) is 24.0 Å². The fourth-order valence-corrected chi connectivity index (χ4v) is 9.03. The van der Waals surface area contributed by atoms with E-state index in [1.54, 1.807) is 11.9 Å². The van der Waals surface area contributed by atoms with Crippen molar-refractivity contribution in [1.29, 1.82) is 0 Å². The van der Waals surface area contributed by atoms with Crippen LogP contribution < -0.4 is 9.47 Å². The van der Waals surface area contributed by atoms with Crippen LogP contribution in [0.2, 0.25) is 0 Å². The summed E-state index contributed by atoms with van der Waals surface area (Å²) in [6.45, 7) is 8.53. The van der Waals surface area contributed by atoms with E-state index >= 15 is 0 Å². The fourth-order valence-electron chi connectivity index (χ4n) is 9.03. The standard InChI is InChI=1S/C40H42N2O6/c1-25-11-12-30(23-26(25)2)13-16-35(45)41(5)32-17-19-40(48-28(4)44)34-24-31-14-15-33(46-27(3)43)37-36(31)39(40,38(32)47-37)20-22-42(34)21-18-29-9-7-6-8-10-29/h6-12,14-15,23,32,34,38H,17-22,24H2,1-5H3/t32-,34+,38-,39-,40+/m0/s1. The number of ether oxygens (including phenoxy) is 3. The van der Waals surface area contributed by atoms with Crippen molar-refractivity contribution < 1.29 is 28.6 Å². The van der Waals surface area contributed by atoms with Crippen molar-refractivity contribution in [3.8, 4) is 23.3 Å². The molecule has 0 radical (unpaired) electrons. The number of amides is 1. The Hall–Kier alpha value is -4.61. The molecule has 2 bridgehead atoms. The first-order chi connectivity index (χ1) is 23.0. The van der Waals surface area contributed by atoms with Crippen LogP contribution in [0, 0.1) is 25.7 Å². The lowest BCUT2D eigenvalue weighted by Gasteiger charge is -2.65. The molecule has 8 nitrogen and oxygen atoms in total. The number of benzene rings is 3. The van der Waals surface area contributed by atoms with E-state index in [2.05, 4.69) is 41.0 Å². The van der Waals surface area contributed by atoms with Crippen LogP contribution in [0.5, 0.6) is 11.5 Å². The van der Waals surface area contributed by atoms with Gasteiger partial charge in [-0.25, -0.2) is 0 Å². The molecule has 1 spiro atoms. The third-order valence-electron chi connectivity index (χ3n) is 11.2. The zero-order valence-electron chi connectivity index (χ0n) is 28.3. The first kappa shape index (κ1) is 32.0. The minimum atomic E-state index is -0.892. The maximum atomic E-state index is 13.7. The Morgan fingerprint density at radius 3 is 2.52 bits per heavy atom. The highest BCUT2D eigenvalue weighted by atomic mass is 16.6. The Bertz CT molecular complexity index is 1860. The summed E-state index contributed by atoms with van der Waals surface area (Å²) in [6, 6.07) is 19.8. The van der Waals surface area contributed by atoms with Gasteiger partial charge in [0.1, 0.15) is 11.7 Å². The van der Waals surface area contributed by atoms with E-state index < -0.39 is 23.1 Å². The molecule has 7 rings (SSSR count). The molecular formula is C40H42N2O6. The summed E-state index contributed by atoms with van der Waals surface area (Å²) >= 11 is 0. The van der Waals surface area contributed by atoms with Crippen molar-refractivity contribution in [2.45, 2.75) is 89.0 Å². The van der Waals surface area contributed by atoms with E-state index in [0.29, 0.717) is 37.2 Å². The maximum absolute atomic E-state index is 13.7. The second-order valence-corrected chi connectivity index (χ2v) is 13.8. The van der Waals surface area contributed by atoms with Crippen LogP contribution in [0.4, 0.5) is 0 Å². The summed E-state index contributed by atoms with van der Waals surface area (Å²) in [5, 5.41) is 0. The normalized spacial score (nSPS) is 26.3. The minimum Gasteiger partial charge on any atom is -0.483 e. The van der Waals surface area contributed by atoms with Crippen LogP contribution in [0.25, 0.3) is 0 Å². The number of piperidine rings is 1. The summed E-state index contributed by atoms with van der Waals surface area (Å²) in [5.41, 5.74) is 4.76. The molecule has 2 heterocycles. The smallest absolute Gasteiger partial charge is 0.308 e. The van der Waals surface area contributed by atoms with E-state index in [0.717, 1.165) is 41.8 Å². The van der Waals surface area contributed by atoms with Gasteiger partial charge < -0.3 is 19.1 Å². The third-order valence-corrected chi connectivity index (χ3v) is 11.2. The molecule has 48 heavy (non-hydrogen) atoms. The molecule has 248 valence electrons. The Morgan fingerprint density at radius 1 is 1.00 bits per heavy atom. The average Bonchev–Trinajstić information content (AvgIpc) is 3.41. The molecule has 2 fully saturated rings. The first-order valence-electron chi connectivity index (χ1n) is 16.9. The van der Waals surface area contributed by atoms with Crippen molar-refractivity contribution in [3.63, 3.8) is 0 Å². The molecule has 4 aliphatic rings. The topological polar surface area (TPSA) is 85.4 Å². The highest BCUT2D eigenvalue weighted by Crippen LogP contribution is 2.67. The predicted molar refractivity (Wildman–Crippen MR) is 181 cm³/mol. The van der Waals surface area contributed by atoms with Crippen LogP contribution in [0.15, 0.2) is 60.7 Å². The van der Waals surface area contributed by atoms with Gasteiger partial charge in [0.05, 0.1) is 17.5 Å². The zero-order chi connectivity index (χ0) is 33.8. The van der Waals surface area contributed by atoms with Gasteiger partial charge in [0, 0.05) is 44.5 Å². The van der Waals surface area contributed by atoms with Gasteiger partial charge in [-0.15, -0.1) is 0 Å². The Morgan fingerprint density at radius 2 is 1.79 bits per heavy atom. The number of hydrogen-bond acceptors (Lipinski definition) is 7. The number of hydrogen-bond donors (Lipinski definition) is 0. The molecule has 0 N–H and O–H groups in total. The average molecular weight is 647 g/mol. The molecule has 5 atom stereocenters. The second kappa shape index (κ2) is 12.1. The monoisotopic (exact) mass is 646 g/mol. The molecule has 2 aliphatic heterocycles. The summed E-state index contributed by atoms with van der Waals surface area (Å²) in [6.07, 6.45) is 2.79. The third kappa shape index (κ3) is 5.07. The molecule has 1 saturated carbocycles. The van der Waals surface area contributed by atoms with Crippen molar-refractivity contribution in [3.05, 3.63) is 94.0 Å². The molecule has 1 amide bonds. The Kier molecular flexibility index (Phi) is 8.07. The molecule has 0 unspecified atom stereocenters. The molecular weight excluding hydrogens is 604 g/mol. The minimum absolute atomic E-state index is 0.0884. The number of carbonyl (C=O) groups is 3. The first-order valence-corrected chi connectivity index (χ1v) is 16.9. The van der Waals surface area contributed by atoms with Gasteiger partial charge in [-0.2, -0.15) is 0 Å². The largest absolute Gasteiger partial charge is 0.483 e. The summed E-state index contributed by atoms with van der Waals surface area (Å²) in [7, 11) is 1.78. The molecule has 8 heteroatoms. The van der Waals surface area contributed by atoms with Gasteiger partial charge in [0.2, 0.25) is 0 Å². The molecule has 2 aliphatic carbocycles. The molecule has 0 aromatic heterocycles. The second-order valence-electron chi connectivity index (χ2n) is 13.8. The summed E-state index contributed by atoms with van der Waals surface area (Å²) < 4.78 is 19.2. The van der Waals surface area contributed by atoms with Crippen molar-refractivity contribution in [1.82, 2.24) is 9.80 Å². The number of nitrogens with zero attached hydrogens (tertiary/aromatic N) is 2. The van der Waals surface area contributed by atoms with Crippen LogP contribution >= 0.6 is 0 Å². The lowest BCUT2D eigenvalue weighted by Crippen LogP contribution is -2.79. The number of aryl methyl sites for hydroxylation is 2. The molecule has 1 saturated heterocycles. The van der Waals surface area contributed by atoms with Crippen LogP contribution in [-0.4, -0.2) is 71.6 Å². The van der Waals surface area contributed by atoms with E-state index in [1.807, 2.05) is 50.2 Å². The number of likely N-dealkylation sites (tertiary alicyclic amines) is 1. The van der Waals surface area contributed by atoms with Crippen molar-refractivity contribution >= 4 is 17.8 Å². The van der Waals surface area contributed by atoms with Gasteiger partial charge in [-0.3, -0.25) is 19.3 Å². The van der Waals surface area contributed by atoms with Crippen LogP contribution in [0.3, 0.4) is 0 Å².